The molecule has 4 fully saturated rings. The number of ether oxygens (including phenoxy) is 1. The van der Waals surface area contributed by atoms with Crippen molar-refractivity contribution in [3.63, 3.8) is 0 Å². The molecule has 60 heavy (non-hydrogen) atoms. The maximum atomic E-state index is 14.3. The first-order chi connectivity index (χ1) is 27.6. The summed E-state index contributed by atoms with van der Waals surface area (Å²) in [4.78, 5) is 12.8. The van der Waals surface area contributed by atoms with Crippen LogP contribution in [0.15, 0.2) is 30.3 Å². The molecule has 0 spiro atoms. The van der Waals surface area contributed by atoms with Crippen LogP contribution in [0, 0.1) is 52.3 Å². The molecular weight excluding hydrogens is 802 g/mol. The summed E-state index contributed by atoms with van der Waals surface area (Å²) in [6.07, 6.45) is 10.8. The summed E-state index contributed by atoms with van der Waals surface area (Å²) < 4.78 is 47.0. The zero-order chi connectivity index (χ0) is 44.9. The average molecular weight is 890 g/mol. The Bertz CT molecular complexity index is 1640. The monoisotopic (exact) mass is 890 g/mol. The van der Waals surface area contributed by atoms with Crippen LogP contribution in [-0.2, 0) is 27.5 Å². The van der Waals surface area contributed by atoms with Crippen LogP contribution in [0.2, 0.25) is 36.3 Å². The molecule has 1 aromatic rings. The minimum atomic E-state index is -3.92. The minimum absolute atomic E-state index is 0.137. The second kappa shape index (κ2) is 18.5. The molecule has 0 heterocycles. The number of para-hydroxylation sites is 1. The van der Waals surface area contributed by atoms with Gasteiger partial charge in [-0.05, 0) is 173 Å². The third-order valence-corrected chi connectivity index (χ3v) is 28.1. The summed E-state index contributed by atoms with van der Waals surface area (Å²) in [5, 5.41) is 3.22. The van der Waals surface area contributed by atoms with E-state index in [-0.39, 0.29) is 39.7 Å². The first-order valence-electron chi connectivity index (χ1n) is 23.9. The van der Waals surface area contributed by atoms with E-state index in [4.69, 9.17) is 22.6 Å². The summed E-state index contributed by atoms with van der Waals surface area (Å²) in [5.41, 5.74) is 0.480. The summed E-state index contributed by atoms with van der Waals surface area (Å²) in [6, 6.07) is 8.18. The van der Waals surface area contributed by atoms with Gasteiger partial charge in [-0.15, -0.1) is 0 Å². The number of benzene rings is 1. The molecule has 8 nitrogen and oxygen atoms in total. The normalized spacial score (nSPS) is 34.5. The fraction of sp³-hybridized carbons (Fsp3) is 0.857. The Labute approximate surface area is 369 Å². The van der Waals surface area contributed by atoms with Gasteiger partial charge in [-0.2, -0.15) is 5.09 Å². The predicted octanol–water partition coefficient (Wildman–Crippen LogP) is 13.8. The van der Waals surface area contributed by atoms with Crippen molar-refractivity contribution in [2.75, 3.05) is 6.61 Å². The van der Waals surface area contributed by atoms with Crippen molar-refractivity contribution >= 4 is 30.4 Å². The van der Waals surface area contributed by atoms with Crippen molar-refractivity contribution in [2.24, 2.45) is 52.3 Å². The van der Waals surface area contributed by atoms with E-state index in [1.165, 1.54) is 44.9 Å². The first kappa shape index (κ1) is 50.0. The molecule has 0 bridgehead atoms. The van der Waals surface area contributed by atoms with Gasteiger partial charge in [-0.25, -0.2) is 4.57 Å². The van der Waals surface area contributed by atoms with Gasteiger partial charge < -0.3 is 18.1 Å². The van der Waals surface area contributed by atoms with Crippen molar-refractivity contribution in [3.05, 3.63) is 30.3 Å². The highest BCUT2D eigenvalue weighted by Gasteiger charge is 2.66. The largest absolute Gasteiger partial charge is 0.462 e. The Morgan fingerprint density at radius 3 is 2.00 bits per heavy atom. The van der Waals surface area contributed by atoms with E-state index in [0.29, 0.717) is 53.3 Å². The highest BCUT2D eigenvalue weighted by molar-refractivity contribution is 7.52. The van der Waals surface area contributed by atoms with Gasteiger partial charge in [0.1, 0.15) is 11.8 Å². The number of rotatable bonds is 16. The highest BCUT2D eigenvalue weighted by Crippen LogP contribution is 2.70. The molecule has 344 valence electrons. The zero-order valence-corrected chi connectivity index (χ0v) is 44.0. The van der Waals surface area contributed by atoms with E-state index in [9.17, 15) is 9.36 Å². The molecule has 1 N–H and O–H groups in total. The number of carbonyl (C=O) groups excluding carboxylic acids is 1. The van der Waals surface area contributed by atoms with E-state index in [2.05, 4.69) is 101 Å². The molecule has 7 unspecified atom stereocenters. The Morgan fingerprint density at radius 1 is 0.833 bits per heavy atom. The SMILES string of the molecule is CC[C@H]1C(O[Si](C)(C)C(C)(C)C)C2C(CC[C@@]3(C)C2CC[C@@H]3[C@H](C)CCOP(=O)(N[C@@H](C)C(=O)OC(C)C)Oc2ccccc2)[C@@]2(C)CCC(O[Si](C)(C)C(C)(C)C)CC12. The van der Waals surface area contributed by atoms with Gasteiger partial charge >= 0.3 is 13.7 Å². The van der Waals surface area contributed by atoms with Crippen molar-refractivity contribution in [1.82, 2.24) is 5.09 Å². The van der Waals surface area contributed by atoms with Crippen LogP contribution in [0.25, 0.3) is 0 Å². The molecule has 4 aliphatic rings. The quantitative estimate of drug-likeness (QED) is 0.0997. The van der Waals surface area contributed by atoms with Crippen LogP contribution in [0.3, 0.4) is 0 Å². The molecule has 0 amide bonds. The lowest BCUT2D eigenvalue weighted by atomic mass is 9.41. The fourth-order valence-electron chi connectivity index (χ4n) is 12.2. The van der Waals surface area contributed by atoms with Crippen molar-refractivity contribution in [1.29, 1.82) is 0 Å². The topological polar surface area (TPSA) is 92.3 Å². The van der Waals surface area contributed by atoms with Crippen LogP contribution in [-0.4, -0.2) is 53.6 Å². The Morgan fingerprint density at radius 2 is 1.42 bits per heavy atom. The molecular formula is C49H88NO7PSi2. The lowest BCUT2D eigenvalue weighted by Gasteiger charge is -2.66. The third kappa shape index (κ3) is 10.4. The fourth-order valence-corrected chi connectivity index (χ4v) is 16.4. The Kier molecular flexibility index (Phi) is 15.4. The number of nitrogens with one attached hydrogen (secondary N) is 1. The summed E-state index contributed by atoms with van der Waals surface area (Å²) >= 11 is 0. The number of hydrogen-bond donors (Lipinski definition) is 1. The van der Waals surface area contributed by atoms with E-state index < -0.39 is 36.4 Å². The van der Waals surface area contributed by atoms with Gasteiger partial charge in [0.05, 0.1) is 18.8 Å². The van der Waals surface area contributed by atoms with Crippen molar-refractivity contribution < 1.29 is 32.0 Å². The van der Waals surface area contributed by atoms with Crippen LogP contribution < -0.4 is 9.61 Å². The van der Waals surface area contributed by atoms with Crippen LogP contribution >= 0.6 is 7.75 Å². The highest BCUT2D eigenvalue weighted by atomic mass is 31.2. The molecule has 1 aromatic carbocycles. The molecule has 4 saturated carbocycles. The number of hydrogen-bond acceptors (Lipinski definition) is 7. The molecule has 5 rings (SSSR count). The number of carbonyl (C=O) groups is 1. The Hall–Kier alpha value is -1.01. The predicted molar refractivity (Wildman–Crippen MR) is 252 cm³/mol. The lowest BCUT2D eigenvalue weighted by Crippen LogP contribution is -2.65. The minimum Gasteiger partial charge on any atom is -0.462 e. The summed E-state index contributed by atoms with van der Waals surface area (Å²) in [7, 11) is -7.92. The zero-order valence-electron chi connectivity index (χ0n) is 41.1. The van der Waals surface area contributed by atoms with Crippen LogP contribution in [0.1, 0.15) is 148 Å². The molecule has 0 aliphatic heterocycles. The second-order valence-electron chi connectivity index (χ2n) is 23.7. The average Bonchev–Trinajstić information content (AvgIpc) is 3.48. The van der Waals surface area contributed by atoms with Crippen LogP contribution in [0.5, 0.6) is 5.75 Å². The van der Waals surface area contributed by atoms with Gasteiger partial charge in [-0.1, -0.05) is 93.9 Å². The summed E-state index contributed by atoms with van der Waals surface area (Å²) in [5.74, 6) is 3.77. The summed E-state index contributed by atoms with van der Waals surface area (Å²) in [6.45, 7) is 39.9. The molecule has 0 saturated heterocycles. The second-order valence-corrected chi connectivity index (χ2v) is 34.9. The van der Waals surface area contributed by atoms with E-state index in [1.807, 2.05) is 18.2 Å². The number of fused-ring (bicyclic) bond motifs is 5. The van der Waals surface area contributed by atoms with Gasteiger partial charge in [0.2, 0.25) is 0 Å². The van der Waals surface area contributed by atoms with Gasteiger partial charge in [0.15, 0.2) is 16.6 Å². The Balaban J connectivity index is 1.39. The van der Waals surface area contributed by atoms with Gasteiger partial charge in [-0.3, -0.25) is 9.32 Å². The third-order valence-electron chi connectivity index (χ3n) is 17.5. The van der Waals surface area contributed by atoms with E-state index in [1.54, 1.807) is 32.9 Å². The molecule has 4 aliphatic carbocycles. The number of esters is 1. The first-order valence-corrected chi connectivity index (χ1v) is 31.3. The van der Waals surface area contributed by atoms with Gasteiger partial charge in [0.25, 0.3) is 0 Å². The smallest absolute Gasteiger partial charge is 0.459 e. The maximum absolute atomic E-state index is 14.3. The van der Waals surface area contributed by atoms with E-state index >= 15 is 0 Å². The van der Waals surface area contributed by atoms with Crippen molar-refractivity contribution in [2.45, 2.75) is 208 Å². The lowest BCUT2D eigenvalue weighted by molar-refractivity contribution is -0.198. The molecule has 0 radical (unpaired) electrons. The van der Waals surface area contributed by atoms with Crippen molar-refractivity contribution in [3.8, 4) is 5.75 Å². The molecule has 13 atom stereocenters. The van der Waals surface area contributed by atoms with E-state index in [0.717, 1.165) is 12.8 Å². The maximum Gasteiger partial charge on any atom is 0.459 e. The van der Waals surface area contributed by atoms with Crippen LogP contribution in [0.4, 0.5) is 0 Å². The standard InChI is InChI=1S/C49H88NO7PSi2/c1-18-38-42-32-37(56-59(14,15)46(6,7)8)26-29-49(42,13)41-27-30-48(12)39(24-25-40(48)43(41)44(38)57-60(16,17)47(9,10)11)34(4)28-31-53-58(52,55-36-22-20-19-21-23-36)50-35(5)45(51)54-33(2)3/h19-23,33-35,37-44H,18,24-32H2,1-17H3,(H,50,52)/t34-,35+,37?,38-,39-,40?,41?,42?,43?,44?,48-,49-,58?/m1/s1. The molecule has 11 heteroatoms. The molecule has 0 aromatic heterocycles. The van der Waals surface area contributed by atoms with Gasteiger partial charge in [0, 0.05) is 6.10 Å².